The average molecular weight is 333 g/mol. The van der Waals surface area contributed by atoms with Crippen LogP contribution < -0.4 is 0 Å². The average Bonchev–Trinajstić information content (AvgIpc) is 2.26. The van der Waals surface area contributed by atoms with Gasteiger partial charge in [-0.2, -0.15) is 5.26 Å². The molecule has 0 heterocycles. The molecule has 0 aliphatic carbocycles. The first-order valence-electron chi connectivity index (χ1n) is 4.00. The van der Waals surface area contributed by atoms with E-state index in [9.17, 15) is 4.79 Å². The number of nitrogens with zero attached hydrogens (tertiary/aromatic N) is 1. The molecule has 0 N–H and O–H groups in total. The molecule has 0 saturated carbocycles. The fraction of sp³-hybridized carbons (Fsp3) is 0.200. The summed E-state index contributed by atoms with van der Waals surface area (Å²) in [6, 6.07) is 5.41. The fourth-order valence-electron chi connectivity index (χ4n) is 1.14. The van der Waals surface area contributed by atoms with Crippen molar-refractivity contribution in [2.45, 2.75) is 5.33 Å². The first-order chi connectivity index (χ1) is 7.13. The second-order valence-corrected chi connectivity index (χ2v) is 4.15. The highest BCUT2D eigenvalue weighted by molar-refractivity contribution is 9.10. The van der Waals surface area contributed by atoms with Gasteiger partial charge in [0.05, 0.1) is 18.2 Å². The van der Waals surface area contributed by atoms with Gasteiger partial charge in [-0.1, -0.05) is 15.9 Å². The standard InChI is InChI=1S/C10H7Br2NO2/c1-15-10(14)9-7(5-13)2-6(4-11)3-8(9)12/h2-3H,4H2,1H3. The van der Waals surface area contributed by atoms with Crippen LogP contribution in [0, 0.1) is 11.3 Å². The predicted molar refractivity (Wildman–Crippen MR) is 62.8 cm³/mol. The highest BCUT2D eigenvalue weighted by Gasteiger charge is 2.16. The lowest BCUT2D eigenvalue weighted by Crippen LogP contribution is -2.06. The zero-order valence-electron chi connectivity index (χ0n) is 7.88. The Kier molecular flexibility index (Phi) is 4.30. The lowest BCUT2D eigenvalue weighted by molar-refractivity contribution is 0.0599. The molecule has 0 radical (unpaired) electrons. The molecule has 0 unspecified atom stereocenters. The highest BCUT2D eigenvalue weighted by atomic mass is 79.9. The van der Waals surface area contributed by atoms with Gasteiger partial charge >= 0.3 is 5.97 Å². The summed E-state index contributed by atoms with van der Waals surface area (Å²) in [5.41, 5.74) is 1.50. The van der Waals surface area contributed by atoms with Gasteiger partial charge in [0.15, 0.2) is 0 Å². The monoisotopic (exact) mass is 331 g/mol. The molecule has 5 heteroatoms. The maximum atomic E-state index is 11.4. The molecule has 0 bridgehead atoms. The molecule has 0 fully saturated rings. The van der Waals surface area contributed by atoms with Gasteiger partial charge in [-0.3, -0.25) is 0 Å². The normalized spacial score (nSPS) is 9.47. The van der Waals surface area contributed by atoms with E-state index in [0.717, 1.165) is 5.56 Å². The van der Waals surface area contributed by atoms with Crippen molar-refractivity contribution in [2.75, 3.05) is 7.11 Å². The summed E-state index contributed by atoms with van der Waals surface area (Å²) in [5, 5.41) is 9.54. The number of esters is 1. The van der Waals surface area contributed by atoms with E-state index in [0.29, 0.717) is 15.4 Å². The number of carbonyl (C=O) groups is 1. The molecule has 0 spiro atoms. The van der Waals surface area contributed by atoms with Crippen molar-refractivity contribution in [3.63, 3.8) is 0 Å². The van der Waals surface area contributed by atoms with Gasteiger partial charge in [0.2, 0.25) is 0 Å². The molecular weight excluding hydrogens is 326 g/mol. The summed E-state index contributed by atoms with van der Waals surface area (Å²) >= 11 is 6.54. The van der Waals surface area contributed by atoms with Crippen LogP contribution in [0.4, 0.5) is 0 Å². The molecule has 78 valence electrons. The topological polar surface area (TPSA) is 50.1 Å². The van der Waals surface area contributed by atoms with Gasteiger partial charge in [0.1, 0.15) is 6.07 Å². The Balaban J connectivity index is 3.39. The van der Waals surface area contributed by atoms with Crippen molar-refractivity contribution in [3.8, 4) is 6.07 Å². The third-order valence-corrected chi connectivity index (χ3v) is 3.09. The first kappa shape index (κ1) is 12.2. The van der Waals surface area contributed by atoms with Crippen molar-refractivity contribution < 1.29 is 9.53 Å². The summed E-state index contributed by atoms with van der Waals surface area (Å²) in [7, 11) is 1.29. The number of benzene rings is 1. The Hall–Kier alpha value is -0.860. The third-order valence-electron chi connectivity index (χ3n) is 1.81. The van der Waals surface area contributed by atoms with E-state index in [2.05, 4.69) is 36.6 Å². The maximum Gasteiger partial charge on any atom is 0.340 e. The van der Waals surface area contributed by atoms with Crippen molar-refractivity contribution in [1.29, 1.82) is 5.26 Å². The van der Waals surface area contributed by atoms with Gasteiger partial charge in [0.25, 0.3) is 0 Å². The van der Waals surface area contributed by atoms with Crippen LogP contribution in [-0.2, 0) is 10.1 Å². The van der Waals surface area contributed by atoms with Crippen LogP contribution in [-0.4, -0.2) is 13.1 Å². The van der Waals surface area contributed by atoms with Gasteiger partial charge in [-0.25, -0.2) is 4.79 Å². The minimum atomic E-state index is -0.514. The summed E-state index contributed by atoms with van der Waals surface area (Å²) in [6.07, 6.45) is 0. The van der Waals surface area contributed by atoms with Gasteiger partial charge in [0, 0.05) is 9.80 Å². The van der Waals surface area contributed by atoms with Crippen LogP contribution in [0.1, 0.15) is 21.5 Å². The molecule has 1 aromatic carbocycles. The second-order valence-electron chi connectivity index (χ2n) is 2.74. The van der Waals surface area contributed by atoms with Gasteiger partial charge < -0.3 is 4.74 Å². The molecule has 3 nitrogen and oxygen atoms in total. The number of ether oxygens (including phenoxy) is 1. The molecule has 0 saturated heterocycles. The van der Waals surface area contributed by atoms with Crippen LogP contribution >= 0.6 is 31.9 Å². The number of halogens is 2. The summed E-state index contributed by atoms with van der Waals surface area (Å²) in [5.74, 6) is -0.514. The molecule has 0 aliphatic heterocycles. The number of carbonyl (C=O) groups excluding carboxylic acids is 1. The molecule has 0 aromatic heterocycles. The van der Waals surface area contributed by atoms with Crippen molar-refractivity contribution in [2.24, 2.45) is 0 Å². The molecule has 0 aliphatic rings. The highest BCUT2D eigenvalue weighted by Crippen LogP contribution is 2.24. The fourth-order valence-corrected chi connectivity index (χ4v) is 2.13. The Labute approximate surface area is 104 Å². The number of alkyl halides is 1. The molecule has 1 rings (SSSR count). The molecular formula is C10H7Br2NO2. The van der Waals surface area contributed by atoms with Crippen LogP contribution in [0.5, 0.6) is 0 Å². The summed E-state index contributed by atoms with van der Waals surface area (Å²) < 4.78 is 5.17. The van der Waals surface area contributed by atoms with E-state index in [-0.39, 0.29) is 5.56 Å². The van der Waals surface area contributed by atoms with E-state index >= 15 is 0 Å². The van der Waals surface area contributed by atoms with Gasteiger partial charge in [-0.05, 0) is 33.6 Å². The molecule has 1 aromatic rings. The summed E-state index contributed by atoms with van der Waals surface area (Å²) in [4.78, 5) is 11.4. The van der Waals surface area contributed by atoms with E-state index in [1.54, 1.807) is 12.1 Å². The van der Waals surface area contributed by atoms with Crippen LogP contribution in [0.3, 0.4) is 0 Å². The second kappa shape index (κ2) is 5.29. The van der Waals surface area contributed by atoms with Crippen LogP contribution in [0.2, 0.25) is 0 Å². The quantitative estimate of drug-likeness (QED) is 0.618. The van der Waals surface area contributed by atoms with Crippen LogP contribution in [0.25, 0.3) is 0 Å². The molecule has 0 amide bonds. The lowest BCUT2D eigenvalue weighted by Gasteiger charge is -2.06. The van der Waals surface area contributed by atoms with E-state index in [1.807, 2.05) is 6.07 Å². The number of hydrogen-bond donors (Lipinski definition) is 0. The van der Waals surface area contributed by atoms with Crippen molar-refractivity contribution >= 4 is 37.8 Å². The first-order valence-corrected chi connectivity index (χ1v) is 5.92. The Morgan fingerprint density at radius 1 is 1.60 bits per heavy atom. The number of methoxy groups -OCH3 is 1. The zero-order chi connectivity index (χ0) is 11.4. The maximum absolute atomic E-state index is 11.4. The van der Waals surface area contributed by atoms with Crippen molar-refractivity contribution in [3.05, 3.63) is 33.3 Å². The Bertz CT molecular complexity index is 438. The minimum Gasteiger partial charge on any atom is -0.465 e. The molecule has 0 atom stereocenters. The van der Waals surface area contributed by atoms with E-state index in [4.69, 9.17) is 5.26 Å². The number of rotatable bonds is 2. The van der Waals surface area contributed by atoms with E-state index in [1.165, 1.54) is 7.11 Å². The third kappa shape index (κ3) is 2.58. The number of hydrogen-bond acceptors (Lipinski definition) is 3. The number of nitriles is 1. The van der Waals surface area contributed by atoms with E-state index < -0.39 is 5.97 Å². The summed E-state index contributed by atoms with van der Waals surface area (Å²) in [6.45, 7) is 0. The smallest absolute Gasteiger partial charge is 0.340 e. The molecule has 15 heavy (non-hydrogen) atoms. The largest absolute Gasteiger partial charge is 0.465 e. The van der Waals surface area contributed by atoms with Gasteiger partial charge in [-0.15, -0.1) is 0 Å². The minimum absolute atomic E-state index is 0.268. The predicted octanol–water partition coefficient (Wildman–Crippen LogP) is 3.00. The zero-order valence-corrected chi connectivity index (χ0v) is 11.1. The Morgan fingerprint density at radius 2 is 2.27 bits per heavy atom. The lowest BCUT2D eigenvalue weighted by atomic mass is 10.1. The SMILES string of the molecule is COC(=O)c1c(Br)cc(CBr)cc1C#N. The van der Waals surface area contributed by atoms with Crippen LogP contribution in [0.15, 0.2) is 16.6 Å². The van der Waals surface area contributed by atoms with Crippen molar-refractivity contribution in [1.82, 2.24) is 0 Å². The Morgan fingerprint density at radius 3 is 2.73 bits per heavy atom.